The van der Waals surface area contributed by atoms with Crippen molar-refractivity contribution in [2.24, 2.45) is 5.92 Å². The van der Waals surface area contributed by atoms with E-state index < -0.39 is 5.54 Å². The molecule has 6 heteroatoms. The van der Waals surface area contributed by atoms with Gasteiger partial charge in [-0.05, 0) is 44.4 Å². The quantitative estimate of drug-likeness (QED) is 0.864. The van der Waals surface area contributed by atoms with Crippen molar-refractivity contribution in [3.05, 3.63) is 17.5 Å². The molecule has 0 atom stereocenters. The summed E-state index contributed by atoms with van der Waals surface area (Å²) < 4.78 is 10.1. The van der Waals surface area contributed by atoms with Gasteiger partial charge < -0.3 is 14.6 Å². The molecule has 1 amide bonds. The van der Waals surface area contributed by atoms with Crippen LogP contribution in [0.15, 0.2) is 10.6 Å². The predicted octanol–water partition coefficient (Wildman–Crippen LogP) is 2.40. The molecule has 0 unspecified atom stereocenters. The first kappa shape index (κ1) is 15.1. The Morgan fingerprint density at radius 1 is 1.32 bits per heavy atom. The number of carbonyl (C=O) groups is 2. The number of rotatable bonds is 4. The average Bonchev–Trinajstić information content (AvgIpc) is 3.26. The maximum Gasteiger partial charge on any atom is 0.331 e. The molecule has 0 aliphatic heterocycles. The summed E-state index contributed by atoms with van der Waals surface area (Å²) in [7, 11) is 1.36. The Bertz CT molecular complexity index is 568. The highest BCUT2D eigenvalue weighted by Crippen LogP contribution is 2.40. The molecule has 2 saturated carbocycles. The standard InChI is InChI=1S/C16H22N2O4/c1-10-5-7-16(8-6-10,15(20)21-2)17-14(19)12-9-13(22-18-12)11-3-4-11/h9-11H,3-8H2,1-2H3,(H,17,19). The Morgan fingerprint density at radius 3 is 2.59 bits per heavy atom. The summed E-state index contributed by atoms with van der Waals surface area (Å²) in [6, 6.07) is 1.68. The van der Waals surface area contributed by atoms with E-state index in [4.69, 9.17) is 9.26 Å². The lowest BCUT2D eigenvalue weighted by Crippen LogP contribution is -2.56. The second-order valence-corrected chi connectivity index (χ2v) is 6.60. The van der Waals surface area contributed by atoms with Gasteiger partial charge in [0.15, 0.2) is 5.69 Å². The van der Waals surface area contributed by atoms with E-state index in [0.29, 0.717) is 24.7 Å². The largest absolute Gasteiger partial charge is 0.467 e. The zero-order chi connectivity index (χ0) is 15.7. The molecule has 2 aliphatic carbocycles. The summed E-state index contributed by atoms with van der Waals surface area (Å²) in [5.74, 6) is 0.978. The van der Waals surface area contributed by atoms with Gasteiger partial charge in [0.1, 0.15) is 11.3 Å². The van der Waals surface area contributed by atoms with Gasteiger partial charge >= 0.3 is 5.97 Å². The summed E-state index contributed by atoms with van der Waals surface area (Å²) in [5.41, 5.74) is -0.694. The number of esters is 1. The Hall–Kier alpha value is -1.85. The van der Waals surface area contributed by atoms with Gasteiger partial charge in [0, 0.05) is 12.0 Å². The molecule has 1 heterocycles. The van der Waals surface area contributed by atoms with E-state index in [9.17, 15) is 9.59 Å². The first-order chi connectivity index (χ1) is 10.5. The first-order valence-corrected chi connectivity index (χ1v) is 7.91. The van der Waals surface area contributed by atoms with Crippen molar-refractivity contribution in [2.75, 3.05) is 7.11 Å². The second kappa shape index (κ2) is 5.74. The summed E-state index contributed by atoms with van der Waals surface area (Å²) in [4.78, 5) is 24.6. The third-order valence-corrected chi connectivity index (χ3v) is 4.80. The van der Waals surface area contributed by atoms with E-state index in [1.54, 1.807) is 6.07 Å². The molecule has 0 spiro atoms. The van der Waals surface area contributed by atoms with Crippen molar-refractivity contribution in [1.29, 1.82) is 0 Å². The number of ether oxygens (including phenoxy) is 1. The number of amides is 1. The van der Waals surface area contributed by atoms with Gasteiger partial charge in [0.05, 0.1) is 7.11 Å². The number of aromatic nitrogens is 1. The normalized spacial score (nSPS) is 28.2. The molecule has 1 N–H and O–H groups in total. The van der Waals surface area contributed by atoms with Gasteiger partial charge in [-0.1, -0.05) is 12.1 Å². The lowest BCUT2D eigenvalue weighted by Gasteiger charge is -2.37. The third-order valence-electron chi connectivity index (χ3n) is 4.80. The summed E-state index contributed by atoms with van der Waals surface area (Å²) in [6.07, 6.45) is 5.14. The van der Waals surface area contributed by atoms with E-state index in [1.807, 2.05) is 0 Å². The van der Waals surface area contributed by atoms with Crippen LogP contribution in [0.4, 0.5) is 0 Å². The predicted molar refractivity (Wildman–Crippen MR) is 78.3 cm³/mol. The Kier molecular flexibility index (Phi) is 3.93. The van der Waals surface area contributed by atoms with Gasteiger partial charge in [-0.3, -0.25) is 4.79 Å². The number of nitrogens with one attached hydrogen (secondary N) is 1. The molecule has 120 valence electrons. The van der Waals surface area contributed by atoms with Gasteiger partial charge in [0.2, 0.25) is 0 Å². The third kappa shape index (κ3) is 2.87. The van der Waals surface area contributed by atoms with Crippen molar-refractivity contribution in [3.63, 3.8) is 0 Å². The smallest absolute Gasteiger partial charge is 0.331 e. The van der Waals surface area contributed by atoms with Crippen LogP contribution in [0.5, 0.6) is 0 Å². The highest BCUT2D eigenvalue weighted by molar-refractivity contribution is 5.96. The minimum Gasteiger partial charge on any atom is -0.467 e. The number of methoxy groups -OCH3 is 1. The van der Waals surface area contributed by atoms with Crippen LogP contribution in [-0.4, -0.2) is 29.7 Å². The average molecular weight is 306 g/mol. The highest BCUT2D eigenvalue weighted by atomic mass is 16.5. The zero-order valence-electron chi connectivity index (χ0n) is 13.1. The molecule has 0 saturated heterocycles. The molecule has 1 aromatic heterocycles. The topological polar surface area (TPSA) is 81.4 Å². The van der Waals surface area contributed by atoms with Gasteiger partial charge in [-0.25, -0.2) is 4.79 Å². The van der Waals surface area contributed by atoms with Crippen LogP contribution in [0.1, 0.15) is 67.6 Å². The SMILES string of the molecule is COC(=O)C1(NC(=O)c2cc(C3CC3)on2)CCC(C)CC1. The van der Waals surface area contributed by atoms with Crippen molar-refractivity contribution >= 4 is 11.9 Å². The fraction of sp³-hybridized carbons (Fsp3) is 0.688. The molecular formula is C16H22N2O4. The Morgan fingerprint density at radius 2 is 2.00 bits per heavy atom. The number of hydrogen-bond donors (Lipinski definition) is 1. The Labute approximate surface area is 129 Å². The zero-order valence-corrected chi connectivity index (χ0v) is 13.1. The van der Waals surface area contributed by atoms with Crippen molar-refractivity contribution < 1.29 is 18.8 Å². The molecule has 0 bridgehead atoms. The van der Waals surface area contributed by atoms with Crippen LogP contribution >= 0.6 is 0 Å². The second-order valence-electron chi connectivity index (χ2n) is 6.60. The lowest BCUT2D eigenvalue weighted by atomic mass is 9.77. The summed E-state index contributed by atoms with van der Waals surface area (Å²) >= 11 is 0. The van der Waals surface area contributed by atoms with Crippen LogP contribution in [0.3, 0.4) is 0 Å². The van der Waals surface area contributed by atoms with Crippen LogP contribution < -0.4 is 5.32 Å². The molecule has 3 rings (SSSR count). The van der Waals surface area contributed by atoms with E-state index in [2.05, 4.69) is 17.4 Å². The number of nitrogens with zero attached hydrogens (tertiary/aromatic N) is 1. The molecular weight excluding hydrogens is 284 g/mol. The number of carbonyl (C=O) groups excluding carboxylic acids is 2. The van der Waals surface area contributed by atoms with Gasteiger partial charge in [0.25, 0.3) is 5.91 Å². The highest BCUT2D eigenvalue weighted by Gasteiger charge is 2.44. The van der Waals surface area contributed by atoms with Crippen molar-refractivity contribution in [2.45, 2.75) is 56.9 Å². The minimum absolute atomic E-state index is 0.240. The van der Waals surface area contributed by atoms with E-state index in [0.717, 1.165) is 31.4 Å². The molecule has 1 aromatic rings. The van der Waals surface area contributed by atoms with Crippen LogP contribution in [-0.2, 0) is 9.53 Å². The molecule has 2 fully saturated rings. The van der Waals surface area contributed by atoms with E-state index in [1.165, 1.54) is 7.11 Å². The van der Waals surface area contributed by atoms with Gasteiger partial charge in [-0.15, -0.1) is 0 Å². The number of hydrogen-bond acceptors (Lipinski definition) is 5. The lowest BCUT2D eigenvalue weighted by molar-refractivity contribution is -0.150. The van der Waals surface area contributed by atoms with Crippen LogP contribution in [0.2, 0.25) is 0 Å². The van der Waals surface area contributed by atoms with Crippen molar-refractivity contribution in [1.82, 2.24) is 10.5 Å². The minimum atomic E-state index is -0.933. The molecule has 6 nitrogen and oxygen atoms in total. The Balaban J connectivity index is 1.74. The monoisotopic (exact) mass is 306 g/mol. The fourth-order valence-corrected chi connectivity index (χ4v) is 3.07. The maximum absolute atomic E-state index is 12.4. The van der Waals surface area contributed by atoms with Crippen molar-refractivity contribution in [3.8, 4) is 0 Å². The van der Waals surface area contributed by atoms with Gasteiger partial charge in [-0.2, -0.15) is 0 Å². The summed E-state index contributed by atoms with van der Waals surface area (Å²) in [6.45, 7) is 2.16. The summed E-state index contributed by atoms with van der Waals surface area (Å²) in [5, 5.41) is 6.69. The molecule has 0 radical (unpaired) electrons. The van der Waals surface area contributed by atoms with E-state index >= 15 is 0 Å². The maximum atomic E-state index is 12.4. The molecule has 0 aromatic carbocycles. The molecule has 22 heavy (non-hydrogen) atoms. The molecule has 2 aliphatic rings. The fourth-order valence-electron chi connectivity index (χ4n) is 3.07. The van der Waals surface area contributed by atoms with E-state index in [-0.39, 0.29) is 17.6 Å². The van der Waals surface area contributed by atoms with Crippen LogP contribution in [0.25, 0.3) is 0 Å². The first-order valence-electron chi connectivity index (χ1n) is 7.91. The van der Waals surface area contributed by atoms with Crippen LogP contribution in [0, 0.1) is 5.92 Å².